The molecule has 5 nitrogen and oxygen atoms in total. The summed E-state index contributed by atoms with van der Waals surface area (Å²) in [6.45, 7) is 1.92. The van der Waals surface area contributed by atoms with E-state index in [-0.39, 0.29) is 11.7 Å². The lowest BCUT2D eigenvalue weighted by atomic mass is 10.1. The van der Waals surface area contributed by atoms with Crippen LogP contribution in [-0.4, -0.2) is 10.0 Å². The third-order valence-corrected chi connectivity index (χ3v) is 3.89. The van der Waals surface area contributed by atoms with Crippen LogP contribution in [0.3, 0.4) is 0 Å². The van der Waals surface area contributed by atoms with E-state index >= 15 is 0 Å². The van der Waals surface area contributed by atoms with Crippen molar-refractivity contribution in [1.82, 2.24) is 5.32 Å². The first-order chi connectivity index (χ1) is 10.9. The van der Waals surface area contributed by atoms with Crippen molar-refractivity contribution in [2.45, 2.75) is 13.0 Å². The van der Waals surface area contributed by atoms with E-state index in [0.29, 0.717) is 20.8 Å². The highest BCUT2D eigenvalue weighted by atomic mass is 35.5. The van der Waals surface area contributed by atoms with Crippen molar-refractivity contribution < 1.29 is 4.92 Å². The Hall–Kier alpha value is -1.89. The summed E-state index contributed by atoms with van der Waals surface area (Å²) in [6.07, 6.45) is 0. The van der Waals surface area contributed by atoms with Gasteiger partial charge in [0.15, 0.2) is 5.11 Å². The molecule has 0 aromatic heterocycles. The molecule has 120 valence electrons. The van der Waals surface area contributed by atoms with E-state index < -0.39 is 4.92 Å². The van der Waals surface area contributed by atoms with Crippen molar-refractivity contribution in [3.05, 3.63) is 68.2 Å². The lowest BCUT2D eigenvalue weighted by Gasteiger charge is -2.18. The van der Waals surface area contributed by atoms with Crippen molar-refractivity contribution in [2.75, 3.05) is 5.32 Å². The molecule has 2 rings (SSSR count). The Morgan fingerprint density at radius 1 is 1.22 bits per heavy atom. The van der Waals surface area contributed by atoms with Gasteiger partial charge in [-0.15, -0.1) is 0 Å². The molecule has 0 fully saturated rings. The van der Waals surface area contributed by atoms with Crippen molar-refractivity contribution >= 4 is 51.9 Å². The van der Waals surface area contributed by atoms with E-state index in [4.69, 9.17) is 35.4 Å². The number of non-ortho nitro benzene ring substituents is 1. The third-order valence-electron chi connectivity index (χ3n) is 3.11. The van der Waals surface area contributed by atoms with Crippen LogP contribution < -0.4 is 10.6 Å². The molecule has 0 aliphatic rings. The van der Waals surface area contributed by atoms with Crippen LogP contribution in [0.1, 0.15) is 18.5 Å². The number of benzene rings is 2. The highest BCUT2D eigenvalue weighted by molar-refractivity contribution is 7.80. The molecule has 0 unspecified atom stereocenters. The van der Waals surface area contributed by atoms with Crippen LogP contribution in [0.5, 0.6) is 0 Å². The minimum absolute atomic E-state index is 0.0238. The normalized spacial score (nSPS) is 11.6. The van der Waals surface area contributed by atoms with Gasteiger partial charge in [0.05, 0.1) is 11.0 Å². The first-order valence-corrected chi connectivity index (χ1v) is 7.80. The molecule has 2 aromatic carbocycles. The largest absolute Gasteiger partial charge is 0.356 e. The number of rotatable bonds is 4. The maximum absolute atomic E-state index is 10.6. The summed E-state index contributed by atoms with van der Waals surface area (Å²) in [7, 11) is 0. The summed E-state index contributed by atoms with van der Waals surface area (Å²) in [5.74, 6) is 0. The highest BCUT2D eigenvalue weighted by Crippen LogP contribution is 2.26. The predicted octanol–water partition coefficient (Wildman–Crippen LogP) is 4.95. The van der Waals surface area contributed by atoms with Crippen LogP contribution in [0.2, 0.25) is 10.0 Å². The van der Waals surface area contributed by atoms with Crippen LogP contribution in [0.25, 0.3) is 0 Å². The molecule has 0 bridgehead atoms. The van der Waals surface area contributed by atoms with E-state index in [2.05, 4.69) is 10.6 Å². The number of nitro groups is 1. The van der Waals surface area contributed by atoms with E-state index in [0.717, 1.165) is 5.56 Å². The van der Waals surface area contributed by atoms with Gasteiger partial charge in [-0.05, 0) is 49.0 Å². The summed E-state index contributed by atoms with van der Waals surface area (Å²) in [6, 6.07) is 11.1. The second-order valence-corrected chi connectivity index (χ2v) is 6.04. The number of halogens is 2. The summed E-state index contributed by atoms with van der Waals surface area (Å²) in [4.78, 5) is 10.2. The Labute approximate surface area is 148 Å². The molecular formula is C15H13Cl2N3O2S. The second kappa shape index (κ2) is 7.59. The van der Waals surface area contributed by atoms with Crippen molar-refractivity contribution in [1.29, 1.82) is 0 Å². The average Bonchev–Trinajstić information content (AvgIpc) is 2.47. The number of nitro benzene ring substituents is 1. The summed E-state index contributed by atoms with van der Waals surface area (Å²) in [5, 5.41) is 18.2. The number of nitrogens with zero attached hydrogens (tertiary/aromatic N) is 1. The SMILES string of the molecule is C[C@H](NC(=S)Nc1ccc([N+](=O)[O-])cc1)c1ccc(Cl)cc1Cl. The Kier molecular flexibility index (Phi) is 5.76. The molecule has 0 saturated carbocycles. The van der Waals surface area contributed by atoms with Crippen molar-refractivity contribution in [3.63, 3.8) is 0 Å². The maximum atomic E-state index is 10.6. The molecule has 23 heavy (non-hydrogen) atoms. The quantitative estimate of drug-likeness (QED) is 0.453. The van der Waals surface area contributed by atoms with E-state index in [1.807, 2.05) is 13.0 Å². The molecule has 0 heterocycles. The number of hydrogen-bond acceptors (Lipinski definition) is 3. The first-order valence-electron chi connectivity index (χ1n) is 6.63. The number of thiocarbonyl (C=S) groups is 1. The molecule has 2 N–H and O–H groups in total. The van der Waals surface area contributed by atoms with Gasteiger partial charge in [-0.2, -0.15) is 0 Å². The van der Waals surface area contributed by atoms with Gasteiger partial charge in [0.25, 0.3) is 5.69 Å². The van der Waals surface area contributed by atoms with E-state index in [9.17, 15) is 10.1 Å². The zero-order valence-corrected chi connectivity index (χ0v) is 14.4. The highest BCUT2D eigenvalue weighted by Gasteiger charge is 2.12. The zero-order valence-electron chi connectivity index (χ0n) is 12.0. The first kappa shape index (κ1) is 17.5. The van der Waals surface area contributed by atoms with Crippen LogP contribution >= 0.6 is 35.4 Å². The minimum atomic E-state index is -0.453. The van der Waals surface area contributed by atoms with Gasteiger partial charge in [0.1, 0.15) is 0 Å². The number of anilines is 1. The molecule has 0 spiro atoms. The molecule has 0 saturated heterocycles. The number of nitrogens with one attached hydrogen (secondary N) is 2. The lowest BCUT2D eigenvalue weighted by Crippen LogP contribution is -2.31. The maximum Gasteiger partial charge on any atom is 0.269 e. The van der Waals surface area contributed by atoms with E-state index in [1.54, 1.807) is 24.3 Å². The van der Waals surface area contributed by atoms with Crippen molar-refractivity contribution in [2.24, 2.45) is 0 Å². The van der Waals surface area contributed by atoms with Gasteiger partial charge in [-0.1, -0.05) is 29.3 Å². The standard InChI is InChI=1S/C15H13Cl2N3O2S/c1-9(13-7-2-10(16)8-14(13)17)18-15(23)19-11-3-5-12(6-4-11)20(21)22/h2-9H,1H3,(H2,18,19,23)/t9-/m0/s1. The molecule has 0 aliphatic heterocycles. The molecule has 0 amide bonds. The Morgan fingerprint density at radius 2 is 1.87 bits per heavy atom. The lowest BCUT2D eigenvalue weighted by molar-refractivity contribution is -0.384. The molecule has 0 aliphatic carbocycles. The smallest absolute Gasteiger partial charge is 0.269 e. The fourth-order valence-electron chi connectivity index (χ4n) is 1.96. The predicted molar refractivity (Wildman–Crippen MR) is 97.3 cm³/mol. The van der Waals surface area contributed by atoms with Crippen molar-refractivity contribution in [3.8, 4) is 0 Å². The monoisotopic (exact) mass is 369 g/mol. The Bertz CT molecular complexity index is 738. The Morgan fingerprint density at radius 3 is 2.43 bits per heavy atom. The molecule has 1 atom stereocenters. The summed E-state index contributed by atoms with van der Waals surface area (Å²) in [5.41, 5.74) is 1.54. The molecule has 0 radical (unpaired) electrons. The number of hydrogen-bond donors (Lipinski definition) is 2. The van der Waals surface area contributed by atoms with Gasteiger partial charge in [0, 0.05) is 27.9 Å². The van der Waals surface area contributed by atoms with Crippen LogP contribution in [0, 0.1) is 10.1 Å². The van der Waals surface area contributed by atoms with Crippen LogP contribution in [0.15, 0.2) is 42.5 Å². The van der Waals surface area contributed by atoms with Crippen LogP contribution in [0.4, 0.5) is 11.4 Å². The van der Waals surface area contributed by atoms with Gasteiger partial charge in [0.2, 0.25) is 0 Å². The van der Waals surface area contributed by atoms with Gasteiger partial charge in [-0.3, -0.25) is 10.1 Å². The second-order valence-electron chi connectivity index (χ2n) is 4.79. The van der Waals surface area contributed by atoms with Gasteiger partial charge < -0.3 is 10.6 Å². The van der Waals surface area contributed by atoms with Crippen LogP contribution in [-0.2, 0) is 0 Å². The fraction of sp³-hybridized carbons (Fsp3) is 0.133. The van der Waals surface area contributed by atoms with Gasteiger partial charge in [-0.25, -0.2) is 0 Å². The molecule has 8 heteroatoms. The van der Waals surface area contributed by atoms with E-state index in [1.165, 1.54) is 12.1 Å². The topological polar surface area (TPSA) is 67.2 Å². The average molecular weight is 370 g/mol. The fourth-order valence-corrected chi connectivity index (χ4v) is 2.83. The summed E-state index contributed by atoms with van der Waals surface area (Å²) < 4.78 is 0. The zero-order chi connectivity index (χ0) is 17.0. The van der Waals surface area contributed by atoms with Gasteiger partial charge >= 0.3 is 0 Å². The summed E-state index contributed by atoms with van der Waals surface area (Å²) >= 11 is 17.3. The molecular weight excluding hydrogens is 357 g/mol. The Balaban J connectivity index is 1.99. The third kappa shape index (κ3) is 4.79. The molecule has 2 aromatic rings. The minimum Gasteiger partial charge on any atom is -0.356 e.